The zero-order valence-corrected chi connectivity index (χ0v) is 10.9. The van der Waals surface area contributed by atoms with Gasteiger partial charge in [-0.2, -0.15) is 0 Å². The van der Waals surface area contributed by atoms with Crippen molar-refractivity contribution in [1.82, 2.24) is 9.97 Å². The van der Waals surface area contributed by atoms with Crippen LogP contribution in [0.4, 0.5) is 0 Å². The zero-order valence-electron chi connectivity index (χ0n) is 10.1. The highest BCUT2D eigenvalue weighted by molar-refractivity contribution is 7.98. The van der Waals surface area contributed by atoms with Crippen LogP contribution in [-0.4, -0.2) is 21.0 Å². The Hall–Kier alpha value is -2.14. The van der Waals surface area contributed by atoms with Crippen molar-refractivity contribution in [2.45, 2.75) is 10.8 Å². The van der Waals surface area contributed by atoms with E-state index in [0.717, 1.165) is 28.0 Å². The van der Waals surface area contributed by atoms with Crippen LogP contribution in [0.1, 0.15) is 11.1 Å². The predicted octanol–water partition coefficient (Wildman–Crippen LogP) is 2.87. The Labute approximate surface area is 115 Å². The molecule has 0 saturated carbocycles. The number of aromatic nitrogens is 2. The van der Waals surface area contributed by atoms with E-state index in [9.17, 15) is 4.79 Å². The number of carboxylic acid groups (broad SMARTS) is 1. The fourth-order valence-corrected chi connectivity index (χ4v) is 2.25. The van der Waals surface area contributed by atoms with Gasteiger partial charge in [-0.25, -0.2) is 14.8 Å². The number of benzene rings is 1. The van der Waals surface area contributed by atoms with Gasteiger partial charge < -0.3 is 5.11 Å². The smallest absolute Gasteiger partial charge is 0.328 e. The highest BCUT2D eigenvalue weighted by Crippen LogP contribution is 2.20. The molecule has 0 aliphatic carbocycles. The molecule has 0 aliphatic rings. The van der Waals surface area contributed by atoms with Crippen LogP contribution in [0.2, 0.25) is 0 Å². The summed E-state index contributed by atoms with van der Waals surface area (Å²) < 4.78 is 0. The van der Waals surface area contributed by atoms with E-state index in [0.29, 0.717) is 0 Å². The summed E-state index contributed by atoms with van der Waals surface area (Å²) in [5.41, 5.74) is 2.00. The van der Waals surface area contributed by atoms with Crippen LogP contribution < -0.4 is 0 Å². The van der Waals surface area contributed by atoms with E-state index in [1.807, 2.05) is 30.3 Å². The predicted molar refractivity (Wildman–Crippen MR) is 74.7 cm³/mol. The van der Waals surface area contributed by atoms with Crippen LogP contribution in [0, 0.1) is 0 Å². The molecule has 0 aliphatic heterocycles. The fraction of sp³-hybridized carbons (Fsp3) is 0.0714. The molecule has 0 saturated heterocycles. The molecule has 4 nitrogen and oxygen atoms in total. The third-order valence-electron chi connectivity index (χ3n) is 2.31. The molecule has 1 N–H and O–H groups in total. The minimum atomic E-state index is -0.944. The summed E-state index contributed by atoms with van der Waals surface area (Å²) in [6, 6.07) is 9.62. The molecule has 0 atom stereocenters. The molecule has 1 aromatic carbocycles. The molecular weight excluding hydrogens is 260 g/mol. The molecule has 2 aromatic rings. The summed E-state index contributed by atoms with van der Waals surface area (Å²) in [4.78, 5) is 18.5. The van der Waals surface area contributed by atoms with Crippen molar-refractivity contribution in [3.63, 3.8) is 0 Å². The molecule has 0 unspecified atom stereocenters. The second-order valence-corrected chi connectivity index (χ2v) is 4.75. The van der Waals surface area contributed by atoms with Gasteiger partial charge in [-0.05, 0) is 23.3 Å². The first kappa shape index (κ1) is 13.3. The maximum atomic E-state index is 10.5. The van der Waals surface area contributed by atoms with Gasteiger partial charge in [0.1, 0.15) is 6.33 Å². The van der Waals surface area contributed by atoms with Crippen molar-refractivity contribution >= 4 is 23.8 Å². The topological polar surface area (TPSA) is 63.1 Å². The van der Waals surface area contributed by atoms with E-state index >= 15 is 0 Å². The molecule has 96 valence electrons. The number of carboxylic acids is 1. The number of hydrogen-bond donors (Lipinski definition) is 1. The van der Waals surface area contributed by atoms with Gasteiger partial charge in [0, 0.05) is 18.0 Å². The Morgan fingerprint density at radius 1 is 1.37 bits per heavy atom. The lowest BCUT2D eigenvalue weighted by atomic mass is 10.1. The van der Waals surface area contributed by atoms with Crippen LogP contribution in [0.25, 0.3) is 6.08 Å². The van der Waals surface area contributed by atoms with Gasteiger partial charge in [0.2, 0.25) is 0 Å². The number of aliphatic carboxylic acids is 1. The van der Waals surface area contributed by atoms with Gasteiger partial charge in [0.15, 0.2) is 0 Å². The maximum Gasteiger partial charge on any atom is 0.328 e. The maximum absolute atomic E-state index is 10.5. The molecular formula is C14H12N2O2S. The van der Waals surface area contributed by atoms with Crippen molar-refractivity contribution < 1.29 is 9.90 Å². The number of nitrogens with zero attached hydrogens (tertiary/aromatic N) is 2. The van der Waals surface area contributed by atoms with Gasteiger partial charge in [0.25, 0.3) is 0 Å². The minimum absolute atomic E-state index is 0.783. The second-order valence-electron chi connectivity index (χ2n) is 3.75. The van der Waals surface area contributed by atoms with E-state index in [4.69, 9.17) is 5.11 Å². The quantitative estimate of drug-likeness (QED) is 0.515. The highest BCUT2D eigenvalue weighted by Gasteiger charge is 1.98. The van der Waals surface area contributed by atoms with E-state index < -0.39 is 5.97 Å². The monoisotopic (exact) mass is 272 g/mol. The van der Waals surface area contributed by atoms with Crippen molar-refractivity contribution in [1.29, 1.82) is 0 Å². The molecule has 0 spiro atoms. The van der Waals surface area contributed by atoms with Crippen molar-refractivity contribution in [3.8, 4) is 0 Å². The average molecular weight is 272 g/mol. The first-order valence-electron chi connectivity index (χ1n) is 5.63. The van der Waals surface area contributed by atoms with Gasteiger partial charge in [-0.1, -0.05) is 24.3 Å². The van der Waals surface area contributed by atoms with E-state index in [2.05, 4.69) is 9.97 Å². The SMILES string of the molecule is O=C(O)/C=C/c1cccc(CSc2ccncn2)c1. The van der Waals surface area contributed by atoms with Crippen molar-refractivity contribution in [3.05, 3.63) is 60.1 Å². The van der Waals surface area contributed by atoms with Crippen LogP contribution >= 0.6 is 11.8 Å². The molecule has 0 radical (unpaired) electrons. The number of hydrogen-bond acceptors (Lipinski definition) is 4. The fourth-order valence-electron chi connectivity index (χ4n) is 1.48. The summed E-state index contributed by atoms with van der Waals surface area (Å²) in [5.74, 6) is -0.160. The minimum Gasteiger partial charge on any atom is -0.478 e. The van der Waals surface area contributed by atoms with E-state index in [1.54, 1.807) is 24.0 Å². The second kappa shape index (κ2) is 6.70. The summed E-state index contributed by atoms with van der Waals surface area (Å²) in [7, 11) is 0. The number of thioether (sulfide) groups is 1. The van der Waals surface area contributed by atoms with E-state index in [1.165, 1.54) is 6.33 Å². The van der Waals surface area contributed by atoms with Crippen LogP contribution in [-0.2, 0) is 10.5 Å². The highest BCUT2D eigenvalue weighted by atomic mass is 32.2. The molecule has 5 heteroatoms. The largest absolute Gasteiger partial charge is 0.478 e. The third kappa shape index (κ3) is 4.56. The van der Waals surface area contributed by atoms with Gasteiger partial charge >= 0.3 is 5.97 Å². The Morgan fingerprint density at radius 3 is 3.00 bits per heavy atom. The van der Waals surface area contributed by atoms with Crippen LogP contribution in [0.5, 0.6) is 0 Å². The Morgan fingerprint density at radius 2 is 2.26 bits per heavy atom. The summed E-state index contributed by atoms with van der Waals surface area (Å²) >= 11 is 1.62. The average Bonchev–Trinajstić information content (AvgIpc) is 2.44. The molecule has 1 heterocycles. The summed E-state index contributed by atoms with van der Waals surface area (Å²) in [5, 5.41) is 9.51. The summed E-state index contributed by atoms with van der Waals surface area (Å²) in [6.45, 7) is 0. The Bertz CT molecular complexity index is 585. The summed E-state index contributed by atoms with van der Waals surface area (Å²) in [6.07, 6.45) is 5.95. The standard InChI is InChI=1S/C14H12N2O2S/c17-14(18)5-4-11-2-1-3-12(8-11)9-19-13-6-7-15-10-16-13/h1-8,10H,9H2,(H,17,18)/b5-4+. The van der Waals surface area contributed by atoms with Crippen LogP contribution in [0.15, 0.2) is 54.0 Å². The molecule has 2 rings (SSSR count). The molecule has 0 amide bonds. The van der Waals surface area contributed by atoms with Crippen molar-refractivity contribution in [2.75, 3.05) is 0 Å². The first-order chi connectivity index (χ1) is 9.24. The molecule has 0 bridgehead atoms. The lowest BCUT2D eigenvalue weighted by Crippen LogP contribution is -1.87. The molecule has 1 aromatic heterocycles. The third-order valence-corrected chi connectivity index (χ3v) is 3.33. The van der Waals surface area contributed by atoms with Crippen LogP contribution in [0.3, 0.4) is 0 Å². The lowest BCUT2D eigenvalue weighted by Gasteiger charge is -2.02. The van der Waals surface area contributed by atoms with Crippen molar-refractivity contribution in [2.24, 2.45) is 0 Å². The van der Waals surface area contributed by atoms with Gasteiger partial charge in [-0.3, -0.25) is 0 Å². The first-order valence-corrected chi connectivity index (χ1v) is 6.61. The van der Waals surface area contributed by atoms with Gasteiger partial charge in [-0.15, -0.1) is 11.8 Å². The Kier molecular flexibility index (Phi) is 4.69. The molecule has 19 heavy (non-hydrogen) atoms. The zero-order chi connectivity index (χ0) is 13.5. The number of rotatable bonds is 5. The van der Waals surface area contributed by atoms with Gasteiger partial charge in [0.05, 0.1) is 5.03 Å². The molecule has 0 fully saturated rings. The number of carbonyl (C=O) groups is 1. The lowest BCUT2D eigenvalue weighted by molar-refractivity contribution is -0.131. The Balaban J connectivity index is 2.01. The normalized spacial score (nSPS) is 10.7. The van der Waals surface area contributed by atoms with E-state index in [-0.39, 0.29) is 0 Å².